The molecule has 0 bridgehead atoms. The van der Waals surface area contributed by atoms with E-state index in [9.17, 15) is 9.59 Å². The van der Waals surface area contributed by atoms with Gasteiger partial charge in [0.15, 0.2) is 0 Å². The van der Waals surface area contributed by atoms with Crippen LogP contribution in [0.25, 0.3) is 10.9 Å². The molecule has 7 heteroatoms. The van der Waals surface area contributed by atoms with Gasteiger partial charge in [-0.25, -0.2) is 4.79 Å². The van der Waals surface area contributed by atoms with Crippen LogP contribution in [0.3, 0.4) is 0 Å². The number of cyclic esters (lactones) is 1. The molecular weight excluding hydrogens is 442 g/mol. The normalized spacial score (nSPS) is 22.5. The molecule has 35 heavy (non-hydrogen) atoms. The van der Waals surface area contributed by atoms with E-state index in [1.165, 1.54) is 16.5 Å². The van der Waals surface area contributed by atoms with Crippen molar-refractivity contribution in [1.29, 1.82) is 0 Å². The van der Waals surface area contributed by atoms with Gasteiger partial charge in [0, 0.05) is 43.8 Å². The summed E-state index contributed by atoms with van der Waals surface area (Å²) in [6.07, 6.45) is 6.84. The van der Waals surface area contributed by atoms with Crippen LogP contribution in [0.1, 0.15) is 69.9 Å². The first kappa shape index (κ1) is 25.5. The van der Waals surface area contributed by atoms with Gasteiger partial charge in [0.1, 0.15) is 6.10 Å². The van der Waals surface area contributed by atoms with E-state index in [4.69, 9.17) is 9.47 Å². The summed E-state index contributed by atoms with van der Waals surface area (Å²) in [6.45, 7) is 8.82. The topological polar surface area (TPSA) is 83.7 Å². The predicted octanol–water partition coefficient (Wildman–Crippen LogP) is 5.00. The average molecular weight is 484 g/mol. The predicted molar refractivity (Wildman–Crippen MR) is 137 cm³/mol. The van der Waals surface area contributed by atoms with Crippen LogP contribution in [0.15, 0.2) is 24.4 Å². The lowest BCUT2D eigenvalue weighted by molar-refractivity contribution is -0.134. The molecular formula is C28H41N3O4. The standard InChI is InChI=1S/C28H41N3O4/c1-18(2)22(15-25-26(35-28(33)30-25)17-31-12-6-5-9-27(31)32)19(3)20-10-11-24-23(14-20)21(16-29-24)8-7-13-34-4/h10-11,14,16,18-19,22,25-26,29H,5-9,12-13,15,17H2,1-4H3,(H,30,33). The van der Waals surface area contributed by atoms with Gasteiger partial charge in [-0.05, 0) is 73.1 Å². The van der Waals surface area contributed by atoms with Gasteiger partial charge in [-0.2, -0.15) is 0 Å². The molecule has 0 saturated carbocycles. The lowest BCUT2D eigenvalue weighted by Crippen LogP contribution is -2.45. The van der Waals surface area contributed by atoms with Crippen molar-refractivity contribution in [3.8, 4) is 0 Å². The second-order valence-corrected chi connectivity index (χ2v) is 10.6. The Morgan fingerprint density at radius 2 is 2.03 bits per heavy atom. The number of alkyl carbamates (subject to hydrolysis) is 1. The van der Waals surface area contributed by atoms with E-state index in [1.54, 1.807) is 7.11 Å². The maximum absolute atomic E-state index is 12.3. The number of likely N-dealkylation sites (tertiary alicyclic amines) is 1. The summed E-state index contributed by atoms with van der Waals surface area (Å²) < 4.78 is 10.9. The third-order valence-corrected chi connectivity index (χ3v) is 7.97. The fraction of sp³-hybridized carbons (Fsp3) is 0.643. The zero-order chi connectivity index (χ0) is 24.9. The number of amides is 2. The third-order valence-electron chi connectivity index (χ3n) is 7.97. The number of rotatable bonds is 11. The van der Waals surface area contributed by atoms with Gasteiger partial charge in [0.2, 0.25) is 5.91 Å². The molecule has 2 N–H and O–H groups in total. The molecule has 2 fully saturated rings. The lowest BCUT2D eigenvalue weighted by Gasteiger charge is -2.33. The number of carbonyl (C=O) groups is 2. The second-order valence-electron chi connectivity index (χ2n) is 10.6. The van der Waals surface area contributed by atoms with Crippen LogP contribution in [0.4, 0.5) is 4.79 Å². The summed E-state index contributed by atoms with van der Waals surface area (Å²) in [7, 11) is 1.74. The fourth-order valence-corrected chi connectivity index (χ4v) is 5.83. The van der Waals surface area contributed by atoms with Gasteiger partial charge >= 0.3 is 6.09 Å². The van der Waals surface area contributed by atoms with Crippen molar-refractivity contribution in [3.05, 3.63) is 35.5 Å². The van der Waals surface area contributed by atoms with Crippen LogP contribution in [0.2, 0.25) is 0 Å². The Morgan fingerprint density at radius 1 is 1.20 bits per heavy atom. The van der Waals surface area contributed by atoms with Crippen molar-refractivity contribution >= 4 is 22.9 Å². The number of hydrogen-bond donors (Lipinski definition) is 2. The van der Waals surface area contributed by atoms with E-state index >= 15 is 0 Å². The van der Waals surface area contributed by atoms with Gasteiger partial charge < -0.3 is 24.7 Å². The van der Waals surface area contributed by atoms with Gasteiger partial charge in [0.25, 0.3) is 0 Å². The Bertz CT molecular complexity index is 1020. The number of aromatic nitrogens is 1. The molecule has 2 saturated heterocycles. The minimum Gasteiger partial charge on any atom is -0.442 e. The highest BCUT2D eigenvalue weighted by Gasteiger charge is 2.39. The Labute approximate surface area is 208 Å². The molecule has 1 aromatic carbocycles. The molecule has 0 radical (unpaired) electrons. The van der Waals surface area contributed by atoms with E-state index in [2.05, 4.69) is 55.5 Å². The number of hydrogen-bond acceptors (Lipinski definition) is 4. The Hall–Kier alpha value is -2.54. The Kier molecular flexibility index (Phi) is 8.37. The van der Waals surface area contributed by atoms with E-state index in [0.29, 0.717) is 30.7 Å². The van der Waals surface area contributed by atoms with Crippen molar-refractivity contribution in [1.82, 2.24) is 15.2 Å². The molecule has 0 spiro atoms. The van der Waals surface area contributed by atoms with Gasteiger partial charge in [-0.3, -0.25) is 4.79 Å². The molecule has 2 aromatic rings. The summed E-state index contributed by atoms with van der Waals surface area (Å²) >= 11 is 0. The van der Waals surface area contributed by atoms with Crippen molar-refractivity contribution in [2.24, 2.45) is 11.8 Å². The van der Waals surface area contributed by atoms with E-state index in [0.717, 1.165) is 50.8 Å². The largest absolute Gasteiger partial charge is 0.442 e. The molecule has 4 unspecified atom stereocenters. The van der Waals surface area contributed by atoms with E-state index in [-0.39, 0.29) is 24.1 Å². The number of nitrogens with one attached hydrogen (secondary N) is 2. The summed E-state index contributed by atoms with van der Waals surface area (Å²) in [4.78, 5) is 29.8. The quantitative estimate of drug-likeness (QED) is 0.441. The number of aryl methyl sites for hydroxylation is 1. The highest BCUT2D eigenvalue weighted by atomic mass is 16.6. The van der Waals surface area contributed by atoms with Crippen LogP contribution in [-0.2, 0) is 20.7 Å². The van der Waals surface area contributed by atoms with Crippen LogP contribution >= 0.6 is 0 Å². The maximum atomic E-state index is 12.3. The number of benzene rings is 1. The number of ether oxygens (including phenoxy) is 2. The SMILES string of the molecule is COCCCc1c[nH]c2ccc(C(C)C(CC3NC(=O)OC3CN3CCCCC3=O)C(C)C)cc12. The smallest absolute Gasteiger partial charge is 0.407 e. The fourth-order valence-electron chi connectivity index (χ4n) is 5.83. The third kappa shape index (κ3) is 6.00. The summed E-state index contributed by atoms with van der Waals surface area (Å²) in [5, 5.41) is 4.33. The van der Waals surface area contributed by atoms with Crippen molar-refractivity contribution in [2.75, 3.05) is 26.8 Å². The summed E-state index contributed by atoms with van der Waals surface area (Å²) in [6, 6.07) is 6.66. The highest BCUT2D eigenvalue weighted by Crippen LogP contribution is 2.37. The summed E-state index contributed by atoms with van der Waals surface area (Å²) in [5.41, 5.74) is 3.81. The molecule has 7 nitrogen and oxygen atoms in total. The number of H-pyrrole nitrogens is 1. The molecule has 3 heterocycles. The molecule has 2 aliphatic heterocycles. The van der Waals surface area contributed by atoms with Crippen molar-refractivity contribution < 1.29 is 19.1 Å². The van der Waals surface area contributed by atoms with Crippen LogP contribution in [0, 0.1) is 11.8 Å². The molecule has 4 atom stereocenters. The second kappa shape index (κ2) is 11.5. The van der Waals surface area contributed by atoms with Gasteiger partial charge in [-0.15, -0.1) is 0 Å². The van der Waals surface area contributed by atoms with Crippen LogP contribution in [0.5, 0.6) is 0 Å². The Balaban J connectivity index is 1.49. The zero-order valence-electron chi connectivity index (χ0n) is 21.6. The molecule has 4 rings (SSSR count). The highest BCUT2D eigenvalue weighted by molar-refractivity contribution is 5.84. The maximum Gasteiger partial charge on any atom is 0.407 e. The van der Waals surface area contributed by atoms with Crippen molar-refractivity contribution in [2.45, 2.75) is 77.4 Å². The number of methoxy groups -OCH3 is 1. The summed E-state index contributed by atoms with van der Waals surface area (Å²) in [5.74, 6) is 1.28. The zero-order valence-corrected chi connectivity index (χ0v) is 21.6. The minimum atomic E-state index is -0.367. The van der Waals surface area contributed by atoms with E-state index < -0.39 is 0 Å². The molecule has 2 amide bonds. The average Bonchev–Trinajstić information content (AvgIpc) is 3.40. The lowest BCUT2D eigenvalue weighted by atomic mass is 9.76. The van der Waals surface area contributed by atoms with Crippen LogP contribution in [-0.4, -0.2) is 60.8 Å². The van der Waals surface area contributed by atoms with E-state index in [1.807, 2.05) is 4.90 Å². The number of piperidine rings is 1. The van der Waals surface area contributed by atoms with Crippen molar-refractivity contribution in [3.63, 3.8) is 0 Å². The number of fused-ring (bicyclic) bond motifs is 1. The van der Waals surface area contributed by atoms with Crippen LogP contribution < -0.4 is 5.32 Å². The van der Waals surface area contributed by atoms with Gasteiger partial charge in [-0.1, -0.05) is 26.8 Å². The number of carbonyl (C=O) groups excluding carboxylic acids is 2. The first-order chi connectivity index (χ1) is 16.9. The minimum absolute atomic E-state index is 0.0901. The van der Waals surface area contributed by atoms with Gasteiger partial charge in [0.05, 0.1) is 12.6 Å². The first-order valence-electron chi connectivity index (χ1n) is 13.2. The number of aromatic amines is 1. The first-order valence-corrected chi connectivity index (χ1v) is 13.2. The molecule has 1 aromatic heterocycles. The monoisotopic (exact) mass is 483 g/mol. The molecule has 0 aliphatic carbocycles. The molecule has 192 valence electrons. The molecule has 2 aliphatic rings. The Morgan fingerprint density at radius 3 is 2.77 bits per heavy atom. The number of nitrogens with zero attached hydrogens (tertiary/aromatic N) is 1.